The van der Waals surface area contributed by atoms with E-state index in [-0.39, 0.29) is 4.90 Å². The van der Waals surface area contributed by atoms with Gasteiger partial charge >= 0.3 is 0 Å². The molecule has 2 aromatic heterocycles. The van der Waals surface area contributed by atoms with Crippen LogP contribution in [-0.2, 0) is 10.0 Å². The van der Waals surface area contributed by atoms with Gasteiger partial charge < -0.3 is 4.74 Å². The highest BCUT2D eigenvalue weighted by Gasteiger charge is 2.23. The highest BCUT2D eigenvalue weighted by Crippen LogP contribution is 2.32. The molecule has 7 nitrogen and oxygen atoms in total. The third-order valence-electron chi connectivity index (χ3n) is 4.01. The lowest BCUT2D eigenvalue weighted by Crippen LogP contribution is -2.22. The predicted molar refractivity (Wildman–Crippen MR) is 95.3 cm³/mol. The highest BCUT2D eigenvalue weighted by atomic mass is 32.2. The van der Waals surface area contributed by atoms with Crippen molar-refractivity contribution in [3.63, 3.8) is 0 Å². The van der Waals surface area contributed by atoms with Gasteiger partial charge in [0.1, 0.15) is 10.6 Å². The van der Waals surface area contributed by atoms with Crippen molar-refractivity contribution in [3.05, 3.63) is 41.9 Å². The van der Waals surface area contributed by atoms with Crippen molar-refractivity contribution in [2.24, 2.45) is 0 Å². The van der Waals surface area contributed by atoms with Crippen molar-refractivity contribution >= 4 is 15.7 Å². The fourth-order valence-electron chi connectivity index (χ4n) is 2.72. The Hall–Kier alpha value is -2.45. The zero-order valence-electron chi connectivity index (χ0n) is 14.8. The maximum atomic E-state index is 12.6. The molecule has 0 atom stereocenters. The number of nitrogens with zero attached hydrogens (tertiary/aromatic N) is 4. The van der Waals surface area contributed by atoms with E-state index in [1.807, 2.05) is 26.0 Å². The Morgan fingerprint density at radius 2 is 1.88 bits per heavy atom. The maximum absolute atomic E-state index is 12.6. The van der Waals surface area contributed by atoms with Crippen LogP contribution in [0.15, 0.2) is 35.4 Å². The Labute approximate surface area is 146 Å². The average molecular weight is 360 g/mol. The Morgan fingerprint density at radius 3 is 2.52 bits per heavy atom. The van der Waals surface area contributed by atoms with Crippen LogP contribution in [0.3, 0.4) is 0 Å². The number of benzene rings is 1. The molecule has 0 unspecified atom stereocenters. The van der Waals surface area contributed by atoms with Crippen molar-refractivity contribution in [3.8, 4) is 16.9 Å². The number of sulfonamides is 1. The summed E-state index contributed by atoms with van der Waals surface area (Å²) in [5, 5.41) is 4.37. The molecule has 8 heteroatoms. The number of rotatable bonds is 4. The van der Waals surface area contributed by atoms with Crippen molar-refractivity contribution < 1.29 is 13.2 Å². The molecule has 0 radical (unpaired) electrons. The smallest absolute Gasteiger partial charge is 0.246 e. The lowest BCUT2D eigenvalue weighted by Gasteiger charge is -2.15. The summed E-state index contributed by atoms with van der Waals surface area (Å²) < 4.78 is 33.4. The summed E-state index contributed by atoms with van der Waals surface area (Å²) in [6.45, 7) is 3.87. The Morgan fingerprint density at radius 1 is 1.16 bits per heavy atom. The van der Waals surface area contributed by atoms with Crippen LogP contribution in [0.25, 0.3) is 16.8 Å². The van der Waals surface area contributed by atoms with Crippen LogP contribution >= 0.6 is 0 Å². The molecule has 0 saturated heterocycles. The summed E-state index contributed by atoms with van der Waals surface area (Å²) >= 11 is 0. The fourth-order valence-corrected chi connectivity index (χ4v) is 3.79. The van der Waals surface area contributed by atoms with Crippen LogP contribution in [0.1, 0.15) is 11.4 Å². The number of aromatic nitrogens is 3. The van der Waals surface area contributed by atoms with Gasteiger partial charge in [-0.1, -0.05) is 6.07 Å². The van der Waals surface area contributed by atoms with Gasteiger partial charge in [0.05, 0.1) is 13.3 Å². The van der Waals surface area contributed by atoms with Crippen LogP contribution in [0, 0.1) is 13.8 Å². The van der Waals surface area contributed by atoms with Gasteiger partial charge in [-0.2, -0.15) is 5.10 Å². The molecule has 3 rings (SSSR count). The van der Waals surface area contributed by atoms with Crippen LogP contribution in [0.4, 0.5) is 0 Å². The summed E-state index contributed by atoms with van der Waals surface area (Å²) in [6.07, 6.45) is 1.70. The van der Waals surface area contributed by atoms with Gasteiger partial charge in [-0.3, -0.25) is 0 Å². The topological polar surface area (TPSA) is 76.8 Å². The maximum Gasteiger partial charge on any atom is 0.246 e. The third-order valence-corrected chi connectivity index (χ3v) is 5.85. The second kappa shape index (κ2) is 6.12. The molecule has 0 aliphatic carbocycles. The lowest BCUT2D eigenvalue weighted by atomic mass is 10.1. The third kappa shape index (κ3) is 2.87. The number of methoxy groups -OCH3 is 1. The molecular formula is C17H20N4O3S. The van der Waals surface area contributed by atoms with Crippen molar-refractivity contribution in [2.75, 3.05) is 21.2 Å². The van der Waals surface area contributed by atoms with Crippen molar-refractivity contribution in [1.82, 2.24) is 18.9 Å². The quantitative estimate of drug-likeness (QED) is 0.713. The molecule has 1 aromatic carbocycles. The fraction of sp³-hybridized carbons (Fsp3) is 0.294. The molecule has 0 amide bonds. The van der Waals surface area contributed by atoms with E-state index in [4.69, 9.17) is 4.74 Å². The van der Waals surface area contributed by atoms with Gasteiger partial charge in [0.2, 0.25) is 10.0 Å². The number of fused-ring (bicyclic) bond motifs is 1. The Balaban J connectivity index is 2.27. The Bertz CT molecular complexity index is 1060. The van der Waals surface area contributed by atoms with E-state index in [0.29, 0.717) is 17.0 Å². The summed E-state index contributed by atoms with van der Waals surface area (Å²) in [4.78, 5) is 4.66. The van der Waals surface area contributed by atoms with E-state index < -0.39 is 10.0 Å². The van der Waals surface area contributed by atoms with Crippen LogP contribution < -0.4 is 4.74 Å². The number of hydrogen-bond donors (Lipinski definition) is 0. The molecule has 0 fully saturated rings. The largest absolute Gasteiger partial charge is 0.495 e. The number of ether oxygens (including phenoxy) is 1. The van der Waals surface area contributed by atoms with Gasteiger partial charge in [-0.05, 0) is 37.6 Å². The van der Waals surface area contributed by atoms with E-state index in [9.17, 15) is 8.42 Å². The standard InChI is InChI=1S/C17H20N4O3S/c1-11-8-12(2)21-17(19-11)14(10-18-21)13-6-7-15(24-5)16(9-13)25(22,23)20(3)4/h6-10H,1-5H3. The first-order valence-electron chi connectivity index (χ1n) is 7.68. The van der Waals surface area contributed by atoms with E-state index in [2.05, 4.69) is 10.1 Å². The summed E-state index contributed by atoms with van der Waals surface area (Å²) in [5.74, 6) is 0.300. The predicted octanol–water partition coefficient (Wildman–Crippen LogP) is 2.27. The van der Waals surface area contributed by atoms with Crippen molar-refractivity contribution in [2.45, 2.75) is 18.7 Å². The molecule has 0 saturated carbocycles. The molecule has 2 heterocycles. The van der Waals surface area contributed by atoms with Gasteiger partial charge in [0, 0.05) is 31.0 Å². The van der Waals surface area contributed by atoms with E-state index in [0.717, 1.165) is 21.3 Å². The normalized spacial score (nSPS) is 12.1. The monoisotopic (exact) mass is 360 g/mol. The van der Waals surface area contributed by atoms with Gasteiger partial charge in [0.25, 0.3) is 0 Å². The first-order chi connectivity index (χ1) is 11.8. The van der Waals surface area contributed by atoms with Crippen molar-refractivity contribution in [1.29, 1.82) is 0 Å². The molecule has 3 aromatic rings. The molecule has 0 bridgehead atoms. The minimum atomic E-state index is -3.64. The summed E-state index contributed by atoms with van der Waals surface area (Å²) in [6, 6.07) is 7.01. The number of aryl methyl sites for hydroxylation is 2. The second-order valence-electron chi connectivity index (χ2n) is 5.99. The van der Waals surface area contributed by atoms with Gasteiger partial charge in [0.15, 0.2) is 5.65 Å². The number of hydrogen-bond acceptors (Lipinski definition) is 5. The summed E-state index contributed by atoms with van der Waals surface area (Å²) in [7, 11) is 0.792. The van der Waals surface area contributed by atoms with E-state index in [1.54, 1.807) is 22.8 Å². The molecular weight excluding hydrogens is 340 g/mol. The second-order valence-corrected chi connectivity index (χ2v) is 8.11. The zero-order valence-corrected chi connectivity index (χ0v) is 15.6. The van der Waals surface area contributed by atoms with E-state index in [1.165, 1.54) is 21.2 Å². The first kappa shape index (κ1) is 17.4. The van der Waals surface area contributed by atoms with Gasteiger partial charge in [-0.25, -0.2) is 22.2 Å². The van der Waals surface area contributed by atoms with Crippen LogP contribution in [-0.4, -0.2) is 48.5 Å². The molecule has 0 N–H and O–H groups in total. The average Bonchev–Trinajstić information content (AvgIpc) is 2.98. The highest BCUT2D eigenvalue weighted by molar-refractivity contribution is 7.89. The van der Waals surface area contributed by atoms with Crippen LogP contribution in [0.5, 0.6) is 5.75 Å². The molecule has 0 aliphatic heterocycles. The van der Waals surface area contributed by atoms with E-state index >= 15 is 0 Å². The first-order valence-corrected chi connectivity index (χ1v) is 9.12. The minimum Gasteiger partial charge on any atom is -0.495 e. The molecule has 0 aliphatic rings. The van der Waals surface area contributed by atoms with Gasteiger partial charge in [-0.15, -0.1) is 0 Å². The SMILES string of the molecule is COc1ccc(-c2cnn3c(C)cc(C)nc23)cc1S(=O)(=O)N(C)C. The lowest BCUT2D eigenvalue weighted by molar-refractivity contribution is 0.400. The Kier molecular flexibility index (Phi) is 4.26. The minimum absolute atomic E-state index is 0.112. The summed E-state index contributed by atoms with van der Waals surface area (Å²) in [5.41, 5.74) is 4.01. The van der Waals surface area contributed by atoms with Crippen LogP contribution in [0.2, 0.25) is 0 Å². The molecule has 25 heavy (non-hydrogen) atoms. The zero-order chi connectivity index (χ0) is 18.4. The molecule has 0 spiro atoms. The molecule has 132 valence electrons.